The first-order chi connectivity index (χ1) is 15.5. The zero-order chi connectivity index (χ0) is 22.2. The minimum atomic E-state index is -0.367. The predicted molar refractivity (Wildman–Crippen MR) is 119 cm³/mol. The Kier molecular flexibility index (Phi) is 4.82. The maximum absolute atomic E-state index is 15.0. The van der Waals surface area contributed by atoms with Crippen molar-refractivity contribution in [3.8, 4) is 23.1 Å². The normalized spacial score (nSPS) is 13.6. The quantitative estimate of drug-likeness (QED) is 0.490. The van der Waals surface area contributed by atoms with Gasteiger partial charge in [0.05, 0.1) is 6.07 Å². The number of nitrogens with zero attached hydrogens (tertiary/aromatic N) is 5. The largest absolute Gasteiger partial charge is 0.474 e. The molecule has 0 bridgehead atoms. The average molecular weight is 429 g/mol. The minimum Gasteiger partial charge on any atom is -0.474 e. The minimum absolute atomic E-state index is 0.342. The molecule has 3 aromatic heterocycles. The summed E-state index contributed by atoms with van der Waals surface area (Å²) in [4.78, 5) is 8.73. The number of halogens is 1. The van der Waals surface area contributed by atoms with Gasteiger partial charge in [0, 0.05) is 47.7 Å². The van der Waals surface area contributed by atoms with E-state index in [-0.39, 0.29) is 11.9 Å². The molecule has 32 heavy (non-hydrogen) atoms. The van der Waals surface area contributed by atoms with E-state index in [1.165, 1.54) is 6.07 Å². The van der Waals surface area contributed by atoms with Crippen molar-refractivity contribution in [1.82, 2.24) is 19.7 Å². The second-order valence-electron chi connectivity index (χ2n) is 7.61. The lowest BCUT2D eigenvalue weighted by molar-refractivity contribution is 0.310. The summed E-state index contributed by atoms with van der Waals surface area (Å²) in [7, 11) is 0. The van der Waals surface area contributed by atoms with E-state index in [1.54, 1.807) is 42.3 Å². The molecule has 0 fully saturated rings. The summed E-state index contributed by atoms with van der Waals surface area (Å²) >= 11 is 0. The molecule has 1 aliphatic rings. The van der Waals surface area contributed by atoms with E-state index in [9.17, 15) is 0 Å². The van der Waals surface area contributed by atoms with Gasteiger partial charge in [0.1, 0.15) is 30.0 Å². The van der Waals surface area contributed by atoms with Gasteiger partial charge in [-0.2, -0.15) is 10.4 Å². The number of benzene rings is 1. The van der Waals surface area contributed by atoms with Gasteiger partial charge in [0.25, 0.3) is 0 Å². The lowest BCUT2D eigenvalue weighted by atomic mass is 9.98. The summed E-state index contributed by atoms with van der Waals surface area (Å²) in [5.74, 6) is 1.34. The fourth-order valence-electron chi connectivity index (χ4n) is 3.74. The van der Waals surface area contributed by atoms with E-state index in [4.69, 9.17) is 10.00 Å². The number of hydrogen-bond acceptors (Lipinski definition) is 7. The second-order valence-corrected chi connectivity index (χ2v) is 7.61. The van der Waals surface area contributed by atoms with Gasteiger partial charge in [0.15, 0.2) is 5.82 Å². The van der Waals surface area contributed by atoms with Crippen molar-refractivity contribution in [2.45, 2.75) is 19.9 Å². The third-order valence-corrected chi connectivity index (χ3v) is 5.49. The van der Waals surface area contributed by atoms with Crippen LogP contribution in [0, 0.1) is 24.1 Å². The molecule has 0 saturated carbocycles. The van der Waals surface area contributed by atoms with Crippen molar-refractivity contribution < 1.29 is 9.13 Å². The van der Waals surface area contributed by atoms with Crippen LogP contribution in [0.15, 0.2) is 42.9 Å². The lowest BCUT2D eigenvalue weighted by Gasteiger charge is -2.21. The monoisotopic (exact) mass is 429 g/mol. The molecule has 0 unspecified atom stereocenters. The highest BCUT2D eigenvalue weighted by molar-refractivity contribution is 5.90. The third kappa shape index (κ3) is 3.46. The van der Waals surface area contributed by atoms with E-state index in [1.807, 2.05) is 13.0 Å². The summed E-state index contributed by atoms with van der Waals surface area (Å²) < 4.78 is 22.2. The third-order valence-electron chi connectivity index (χ3n) is 5.49. The second kappa shape index (κ2) is 7.81. The van der Waals surface area contributed by atoms with Crippen molar-refractivity contribution >= 4 is 28.1 Å². The summed E-state index contributed by atoms with van der Waals surface area (Å²) in [5, 5.41) is 21.3. The van der Waals surface area contributed by atoms with Crippen molar-refractivity contribution in [2.75, 3.05) is 23.8 Å². The molecule has 1 aliphatic heterocycles. The van der Waals surface area contributed by atoms with Crippen molar-refractivity contribution in [1.29, 1.82) is 5.26 Å². The highest BCUT2D eigenvalue weighted by Crippen LogP contribution is 2.37. The Labute approximate surface area is 183 Å². The lowest BCUT2D eigenvalue weighted by Crippen LogP contribution is -2.20. The van der Waals surface area contributed by atoms with Gasteiger partial charge in [0.2, 0.25) is 5.88 Å². The van der Waals surface area contributed by atoms with Gasteiger partial charge < -0.3 is 15.4 Å². The van der Waals surface area contributed by atoms with E-state index < -0.39 is 0 Å². The summed E-state index contributed by atoms with van der Waals surface area (Å²) in [6, 6.07) is 8.66. The Morgan fingerprint density at radius 3 is 2.91 bits per heavy atom. The first-order valence-electron chi connectivity index (χ1n) is 10.2. The molecule has 0 aliphatic carbocycles. The number of ether oxygens (including phenoxy) is 1. The molecule has 0 spiro atoms. The van der Waals surface area contributed by atoms with Crippen molar-refractivity contribution in [2.24, 2.45) is 0 Å². The van der Waals surface area contributed by atoms with E-state index in [2.05, 4.69) is 31.8 Å². The van der Waals surface area contributed by atoms with Crippen molar-refractivity contribution in [3.63, 3.8) is 0 Å². The molecule has 9 heteroatoms. The van der Waals surface area contributed by atoms with Crippen LogP contribution in [-0.4, -0.2) is 32.9 Å². The first-order valence-corrected chi connectivity index (χ1v) is 10.2. The maximum atomic E-state index is 15.0. The van der Waals surface area contributed by atoms with Gasteiger partial charge in [-0.3, -0.25) is 4.68 Å². The molecule has 5 rings (SSSR count). The van der Waals surface area contributed by atoms with E-state index in [0.29, 0.717) is 47.2 Å². The fourth-order valence-corrected chi connectivity index (χ4v) is 3.74. The molecule has 1 atom stereocenters. The molecular weight excluding hydrogens is 409 g/mol. The Balaban J connectivity index is 1.51. The van der Waals surface area contributed by atoms with Gasteiger partial charge >= 0.3 is 0 Å². The van der Waals surface area contributed by atoms with E-state index >= 15 is 4.39 Å². The van der Waals surface area contributed by atoms with Crippen LogP contribution in [0.4, 0.5) is 21.7 Å². The number of fused-ring (bicyclic) bond motifs is 2. The number of rotatable bonds is 4. The topological polar surface area (TPSA) is 101 Å². The van der Waals surface area contributed by atoms with Crippen LogP contribution in [-0.2, 0) is 0 Å². The highest BCUT2D eigenvalue weighted by Gasteiger charge is 2.19. The van der Waals surface area contributed by atoms with Crippen LogP contribution in [0.25, 0.3) is 21.9 Å². The van der Waals surface area contributed by atoms with Crippen LogP contribution < -0.4 is 15.4 Å². The molecule has 0 radical (unpaired) electrons. The van der Waals surface area contributed by atoms with Gasteiger partial charge in [-0.25, -0.2) is 14.4 Å². The smallest absolute Gasteiger partial charge is 0.237 e. The van der Waals surface area contributed by atoms with Crippen LogP contribution in [0.2, 0.25) is 0 Å². The highest BCUT2D eigenvalue weighted by atomic mass is 19.1. The number of pyridine rings is 2. The van der Waals surface area contributed by atoms with Crippen LogP contribution in [0.1, 0.15) is 18.5 Å². The molecular formula is C23H20FN7O. The predicted octanol–water partition coefficient (Wildman–Crippen LogP) is 4.57. The molecule has 160 valence electrons. The molecule has 0 amide bonds. The zero-order valence-corrected chi connectivity index (χ0v) is 17.6. The Bertz CT molecular complexity index is 1380. The molecule has 0 saturated heterocycles. The van der Waals surface area contributed by atoms with Crippen LogP contribution in [0.5, 0.6) is 5.88 Å². The summed E-state index contributed by atoms with van der Waals surface area (Å²) in [6.45, 7) is 4.93. The molecule has 4 heterocycles. The van der Waals surface area contributed by atoms with Crippen LogP contribution >= 0.6 is 0 Å². The zero-order valence-electron chi connectivity index (χ0n) is 17.6. The van der Waals surface area contributed by atoms with E-state index in [0.717, 1.165) is 16.6 Å². The Morgan fingerprint density at radius 2 is 2.06 bits per heavy atom. The standard InChI is InChI=1S/C23H20FN7O/c1-13(10-25)31-5-3-20(30-31)29-21-9-15-7-17(19(24)8-16(15)11-27-21)18-12-28-23-22(14(18)2)26-4-6-32-23/h3,5,7-9,11-13,26H,4,6H2,1-2H3,(H,27,29,30)/t13-/m0/s1. The fraction of sp³-hybridized carbons (Fsp3) is 0.217. The number of nitriles is 1. The molecule has 4 aromatic rings. The molecule has 2 N–H and O–H groups in total. The average Bonchev–Trinajstić information content (AvgIpc) is 3.27. The number of anilines is 3. The Morgan fingerprint density at radius 1 is 1.19 bits per heavy atom. The molecule has 1 aromatic carbocycles. The van der Waals surface area contributed by atoms with Gasteiger partial charge in [-0.1, -0.05) is 0 Å². The first kappa shape index (κ1) is 19.8. The van der Waals surface area contributed by atoms with Gasteiger partial charge in [-0.15, -0.1) is 0 Å². The number of hydrogen-bond donors (Lipinski definition) is 2. The number of nitrogens with one attached hydrogen (secondary N) is 2. The Hall–Kier alpha value is -4.19. The number of aromatic nitrogens is 4. The maximum Gasteiger partial charge on any atom is 0.237 e. The SMILES string of the molecule is Cc1c(-c2cc3cc(Nc4ccn([C@@H](C)C#N)n4)ncc3cc2F)cnc2c1NCCO2. The summed E-state index contributed by atoms with van der Waals surface area (Å²) in [5.41, 5.74) is 2.85. The van der Waals surface area contributed by atoms with Crippen molar-refractivity contribution in [3.05, 3.63) is 54.2 Å². The summed E-state index contributed by atoms with van der Waals surface area (Å²) in [6.07, 6.45) is 5.00. The molecule has 8 nitrogen and oxygen atoms in total. The van der Waals surface area contributed by atoms with Gasteiger partial charge in [-0.05, 0) is 43.0 Å². The van der Waals surface area contributed by atoms with Crippen LogP contribution in [0.3, 0.4) is 0 Å².